The van der Waals surface area contributed by atoms with Crippen LogP contribution >= 0.6 is 0 Å². The predicted octanol–water partition coefficient (Wildman–Crippen LogP) is 2.52. The number of rotatable bonds is 4. The zero-order valence-corrected chi connectivity index (χ0v) is 10.4. The Morgan fingerprint density at radius 2 is 1.88 bits per heavy atom. The Bertz CT molecular complexity index is 207. The van der Waals surface area contributed by atoms with Gasteiger partial charge in [0.2, 0.25) is 0 Å². The van der Waals surface area contributed by atoms with Gasteiger partial charge in [-0.2, -0.15) is 0 Å². The fraction of sp³-hybridized carbons (Fsp3) is 0.923. The Morgan fingerprint density at radius 1 is 1.31 bits per heavy atom. The second kappa shape index (κ2) is 6.89. The highest BCUT2D eigenvalue weighted by Crippen LogP contribution is 2.28. The van der Waals surface area contributed by atoms with Crippen molar-refractivity contribution in [2.75, 3.05) is 7.11 Å². The molecule has 3 heteroatoms. The maximum atomic E-state index is 11.3. The zero-order valence-electron chi connectivity index (χ0n) is 10.4. The summed E-state index contributed by atoms with van der Waals surface area (Å²) in [5.74, 6) is -0.0227. The minimum atomic E-state index is -0.341. The van der Waals surface area contributed by atoms with Gasteiger partial charge in [0.25, 0.3) is 0 Å². The molecule has 0 aromatic carbocycles. The third-order valence-corrected chi connectivity index (χ3v) is 3.64. The molecule has 0 aliphatic heterocycles. The first-order valence-corrected chi connectivity index (χ1v) is 6.41. The maximum Gasteiger partial charge on any atom is 0.308 e. The molecule has 2 atom stereocenters. The number of carbonyl (C=O) groups is 1. The van der Waals surface area contributed by atoms with Crippen LogP contribution in [0.25, 0.3) is 0 Å². The van der Waals surface area contributed by atoms with Gasteiger partial charge in [-0.1, -0.05) is 32.6 Å². The molecule has 1 N–H and O–H groups in total. The van der Waals surface area contributed by atoms with E-state index in [0.29, 0.717) is 12.3 Å². The van der Waals surface area contributed by atoms with Gasteiger partial charge in [-0.3, -0.25) is 4.79 Å². The van der Waals surface area contributed by atoms with Gasteiger partial charge in [0, 0.05) is 0 Å². The van der Waals surface area contributed by atoms with Crippen molar-refractivity contribution >= 4 is 5.97 Å². The average Bonchev–Trinajstić information content (AvgIpc) is 2.56. The summed E-state index contributed by atoms with van der Waals surface area (Å²) in [6.07, 6.45) is 7.42. The molecule has 1 fully saturated rings. The molecule has 1 rings (SSSR count). The van der Waals surface area contributed by atoms with Crippen molar-refractivity contribution in [1.82, 2.24) is 0 Å². The van der Waals surface area contributed by atoms with Crippen LogP contribution in [0.2, 0.25) is 0 Å². The van der Waals surface area contributed by atoms with Gasteiger partial charge in [0.05, 0.1) is 19.1 Å². The van der Waals surface area contributed by atoms with Gasteiger partial charge in [-0.15, -0.1) is 0 Å². The summed E-state index contributed by atoms with van der Waals surface area (Å²) in [4.78, 5) is 11.3. The average molecular weight is 228 g/mol. The van der Waals surface area contributed by atoms with Crippen LogP contribution in [0.15, 0.2) is 0 Å². The first-order chi connectivity index (χ1) is 7.65. The second-order valence-electron chi connectivity index (χ2n) is 4.98. The number of methoxy groups -OCH3 is 1. The molecular weight excluding hydrogens is 204 g/mol. The topological polar surface area (TPSA) is 46.5 Å². The molecule has 0 aromatic heterocycles. The summed E-state index contributed by atoms with van der Waals surface area (Å²) < 4.78 is 4.67. The number of esters is 1. The van der Waals surface area contributed by atoms with Crippen LogP contribution in [-0.4, -0.2) is 24.3 Å². The van der Waals surface area contributed by atoms with E-state index in [2.05, 4.69) is 4.74 Å². The lowest BCUT2D eigenvalue weighted by Gasteiger charge is -2.23. The third kappa shape index (κ3) is 4.12. The molecule has 1 saturated carbocycles. The minimum absolute atomic E-state index is 0.191. The highest BCUT2D eigenvalue weighted by molar-refractivity contribution is 5.71. The normalized spacial score (nSPS) is 22.2. The van der Waals surface area contributed by atoms with Crippen molar-refractivity contribution in [1.29, 1.82) is 0 Å². The molecule has 1 aliphatic carbocycles. The van der Waals surface area contributed by atoms with Gasteiger partial charge >= 0.3 is 5.97 Å². The molecule has 0 saturated heterocycles. The van der Waals surface area contributed by atoms with E-state index in [4.69, 9.17) is 0 Å². The molecule has 2 unspecified atom stereocenters. The molecule has 0 amide bonds. The smallest absolute Gasteiger partial charge is 0.308 e. The summed E-state index contributed by atoms with van der Waals surface area (Å²) >= 11 is 0. The van der Waals surface area contributed by atoms with Crippen molar-refractivity contribution in [3.05, 3.63) is 0 Å². The van der Waals surface area contributed by atoms with Crippen LogP contribution in [0.1, 0.15) is 51.9 Å². The number of aliphatic hydroxyl groups is 1. The zero-order chi connectivity index (χ0) is 12.0. The Morgan fingerprint density at radius 3 is 2.38 bits per heavy atom. The van der Waals surface area contributed by atoms with E-state index >= 15 is 0 Å². The van der Waals surface area contributed by atoms with Crippen molar-refractivity contribution in [3.63, 3.8) is 0 Å². The van der Waals surface area contributed by atoms with Gasteiger partial charge in [-0.25, -0.2) is 0 Å². The van der Waals surface area contributed by atoms with Crippen LogP contribution in [0, 0.1) is 11.8 Å². The summed E-state index contributed by atoms with van der Waals surface area (Å²) in [5, 5.41) is 10.1. The molecule has 1 aliphatic rings. The predicted molar refractivity (Wildman–Crippen MR) is 63.0 cm³/mol. The Hall–Kier alpha value is -0.570. The Kier molecular flexibility index (Phi) is 5.81. The van der Waals surface area contributed by atoms with E-state index in [0.717, 1.165) is 12.8 Å². The molecule has 0 bridgehead atoms. The van der Waals surface area contributed by atoms with Gasteiger partial charge in [-0.05, 0) is 25.2 Å². The molecule has 94 valence electrons. The van der Waals surface area contributed by atoms with Crippen LogP contribution in [0.5, 0.6) is 0 Å². The van der Waals surface area contributed by atoms with Crippen molar-refractivity contribution < 1.29 is 14.6 Å². The maximum absolute atomic E-state index is 11.3. The Labute approximate surface area is 98.2 Å². The van der Waals surface area contributed by atoms with Crippen LogP contribution in [0.3, 0.4) is 0 Å². The lowest BCUT2D eigenvalue weighted by atomic mass is 9.88. The van der Waals surface area contributed by atoms with E-state index in [-0.39, 0.29) is 18.0 Å². The standard InChI is InChI=1S/C13H24O3/c1-10(13(15)16-2)9-12(14)11-7-5-3-4-6-8-11/h10-12,14H,3-9H2,1-2H3. The first-order valence-electron chi connectivity index (χ1n) is 6.41. The molecule has 3 nitrogen and oxygen atoms in total. The van der Waals surface area contributed by atoms with Crippen molar-refractivity contribution in [2.45, 2.75) is 58.0 Å². The minimum Gasteiger partial charge on any atom is -0.469 e. The monoisotopic (exact) mass is 228 g/mol. The summed E-state index contributed by atoms with van der Waals surface area (Å²) in [6, 6.07) is 0. The third-order valence-electron chi connectivity index (χ3n) is 3.64. The SMILES string of the molecule is COC(=O)C(C)CC(O)C1CCCCCC1. The number of hydrogen-bond donors (Lipinski definition) is 1. The van der Waals surface area contributed by atoms with Crippen molar-refractivity contribution in [3.8, 4) is 0 Å². The lowest BCUT2D eigenvalue weighted by Crippen LogP contribution is -2.26. The first kappa shape index (κ1) is 13.5. The van der Waals surface area contributed by atoms with Gasteiger partial charge in [0.15, 0.2) is 0 Å². The molecule has 0 aromatic rings. The van der Waals surface area contributed by atoms with Crippen LogP contribution < -0.4 is 0 Å². The number of hydrogen-bond acceptors (Lipinski definition) is 3. The molecule has 0 heterocycles. The highest BCUT2D eigenvalue weighted by Gasteiger charge is 2.25. The molecule has 0 radical (unpaired) electrons. The van der Waals surface area contributed by atoms with Gasteiger partial charge < -0.3 is 9.84 Å². The summed E-state index contributed by atoms with van der Waals surface area (Å²) in [6.45, 7) is 1.83. The van der Waals surface area contributed by atoms with Gasteiger partial charge in [0.1, 0.15) is 0 Å². The largest absolute Gasteiger partial charge is 0.469 e. The summed E-state index contributed by atoms with van der Waals surface area (Å²) in [5.41, 5.74) is 0. The van der Waals surface area contributed by atoms with E-state index in [1.165, 1.54) is 32.8 Å². The Balaban J connectivity index is 2.37. The van der Waals surface area contributed by atoms with E-state index in [1.54, 1.807) is 0 Å². The highest BCUT2D eigenvalue weighted by atomic mass is 16.5. The second-order valence-corrected chi connectivity index (χ2v) is 4.98. The quantitative estimate of drug-likeness (QED) is 0.594. The number of ether oxygens (including phenoxy) is 1. The fourth-order valence-electron chi connectivity index (χ4n) is 2.55. The number of aliphatic hydroxyl groups excluding tert-OH is 1. The van der Waals surface area contributed by atoms with E-state index in [9.17, 15) is 9.90 Å². The lowest BCUT2D eigenvalue weighted by molar-refractivity contribution is -0.146. The van der Waals surface area contributed by atoms with Crippen molar-refractivity contribution in [2.24, 2.45) is 11.8 Å². The molecule has 0 spiro atoms. The van der Waals surface area contributed by atoms with Crippen LogP contribution in [-0.2, 0) is 9.53 Å². The molecule has 16 heavy (non-hydrogen) atoms. The molecular formula is C13H24O3. The fourth-order valence-corrected chi connectivity index (χ4v) is 2.55. The number of carbonyl (C=O) groups excluding carboxylic acids is 1. The summed E-state index contributed by atoms with van der Waals surface area (Å²) in [7, 11) is 1.40. The van der Waals surface area contributed by atoms with E-state index < -0.39 is 0 Å². The van der Waals surface area contributed by atoms with E-state index in [1.807, 2.05) is 6.92 Å². The van der Waals surface area contributed by atoms with Crippen LogP contribution in [0.4, 0.5) is 0 Å².